The number of imidazole rings is 1. The summed E-state index contributed by atoms with van der Waals surface area (Å²) in [4.78, 5) is 28.9. The van der Waals surface area contributed by atoms with E-state index in [1.165, 1.54) is 6.20 Å². The zero-order chi connectivity index (χ0) is 18.6. The second-order valence-corrected chi connectivity index (χ2v) is 6.51. The largest absolute Gasteiger partial charge is 0.492 e. The van der Waals surface area contributed by atoms with Crippen LogP contribution < -0.4 is 5.32 Å². The normalized spacial score (nSPS) is 18.3. The van der Waals surface area contributed by atoms with Gasteiger partial charge in [0.05, 0.1) is 12.1 Å². The summed E-state index contributed by atoms with van der Waals surface area (Å²) in [5.41, 5.74) is -1.55. The fourth-order valence-corrected chi connectivity index (χ4v) is 3.11. The molecule has 7 nitrogen and oxygen atoms in total. The lowest BCUT2D eigenvalue weighted by Crippen LogP contribution is -2.50. The first-order chi connectivity index (χ1) is 12.3. The first-order valence-corrected chi connectivity index (χ1v) is 8.14. The Morgan fingerprint density at radius 2 is 2.08 bits per heavy atom. The zero-order valence-corrected chi connectivity index (χ0v) is 13.5. The Balaban J connectivity index is 1.83. The molecule has 3 heterocycles. The van der Waals surface area contributed by atoms with E-state index < -0.39 is 34.9 Å². The Morgan fingerprint density at radius 1 is 1.35 bits per heavy atom. The predicted molar refractivity (Wildman–Crippen MR) is 82.7 cm³/mol. The molecule has 1 saturated heterocycles. The summed E-state index contributed by atoms with van der Waals surface area (Å²) in [5.74, 6) is -1.78. The molecule has 1 aliphatic heterocycles. The molecule has 0 unspecified atom stereocenters. The van der Waals surface area contributed by atoms with Crippen molar-refractivity contribution in [1.29, 1.82) is 0 Å². The van der Waals surface area contributed by atoms with Crippen molar-refractivity contribution in [2.24, 2.45) is 0 Å². The number of amides is 2. The Labute approximate surface area is 145 Å². The molecule has 2 aromatic heterocycles. The molecule has 10 heteroatoms. The molecule has 0 bridgehead atoms. The van der Waals surface area contributed by atoms with Gasteiger partial charge >= 0.3 is 6.18 Å². The van der Waals surface area contributed by atoms with Gasteiger partial charge in [0.25, 0.3) is 5.91 Å². The third-order valence-corrected chi connectivity index (χ3v) is 4.60. The van der Waals surface area contributed by atoms with Gasteiger partial charge in [-0.2, -0.15) is 13.2 Å². The molecular weight excluding hydrogens is 353 g/mol. The van der Waals surface area contributed by atoms with E-state index in [0.717, 1.165) is 28.2 Å². The van der Waals surface area contributed by atoms with Crippen LogP contribution in [0.2, 0.25) is 0 Å². The third-order valence-electron chi connectivity index (χ3n) is 4.60. The molecule has 138 valence electrons. The SMILES string of the molecule is O=C1CN(C(=O)c2nc3c(C(F)(F)F)cc(C4CC4)cn3c2O)CCN1. The summed E-state index contributed by atoms with van der Waals surface area (Å²) in [7, 11) is 0. The minimum absolute atomic E-state index is 0.0206. The Morgan fingerprint density at radius 3 is 2.69 bits per heavy atom. The van der Waals surface area contributed by atoms with Gasteiger partial charge in [0.15, 0.2) is 11.3 Å². The van der Waals surface area contributed by atoms with Crippen LogP contribution in [0, 0.1) is 0 Å². The molecule has 2 amide bonds. The van der Waals surface area contributed by atoms with Crippen LogP contribution in [-0.2, 0) is 11.0 Å². The number of pyridine rings is 1. The highest BCUT2D eigenvalue weighted by molar-refractivity contribution is 5.98. The number of nitrogens with one attached hydrogen (secondary N) is 1. The summed E-state index contributed by atoms with van der Waals surface area (Å²) in [6, 6.07) is 1.03. The molecule has 1 saturated carbocycles. The number of fused-ring (bicyclic) bond motifs is 1. The van der Waals surface area contributed by atoms with E-state index in [1.54, 1.807) is 0 Å². The number of aromatic hydroxyl groups is 1. The average molecular weight is 368 g/mol. The standard InChI is InChI=1S/C16H15F3N4O3/c17-16(18,19)10-5-9(8-1-2-8)6-23-13(10)21-12(15(23)26)14(25)22-4-3-20-11(24)7-22/h5-6,8,26H,1-4,7H2,(H,20,24). The molecule has 1 aliphatic carbocycles. The van der Waals surface area contributed by atoms with E-state index in [0.29, 0.717) is 5.56 Å². The number of rotatable bonds is 2. The number of hydrogen-bond donors (Lipinski definition) is 2. The molecule has 0 spiro atoms. The summed E-state index contributed by atoms with van der Waals surface area (Å²) in [6.07, 6.45) is -1.71. The number of carbonyl (C=O) groups is 2. The van der Waals surface area contributed by atoms with Crippen LogP contribution in [0.5, 0.6) is 5.88 Å². The molecule has 0 radical (unpaired) electrons. The van der Waals surface area contributed by atoms with Crippen LogP contribution in [0.25, 0.3) is 5.65 Å². The van der Waals surface area contributed by atoms with Gasteiger partial charge in [-0.3, -0.25) is 14.0 Å². The van der Waals surface area contributed by atoms with Crippen LogP contribution in [-0.4, -0.2) is 50.8 Å². The molecular formula is C16H15F3N4O3. The molecule has 2 fully saturated rings. The summed E-state index contributed by atoms with van der Waals surface area (Å²) in [6.45, 7) is 0.196. The van der Waals surface area contributed by atoms with Crippen LogP contribution in [0.15, 0.2) is 12.3 Å². The maximum absolute atomic E-state index is 13.4. The van der Waals surface area contributed by atoms with Crippen molar-refractivity contribution in [3.8, 4) is 5.88 Å². The van der Waals surface area contributed by atoms with Crippen LogP contribution >= 0.6 is 0 Å². The third kappa shape index (κ3) is 2.74. The number of hydrogen-bond acceptors (Lipinski definition) is 4. The summed E-state index contributed by atoms with van der Waals surface area (Å²) < 4.78 is 41.2. The van der Waals surface area contributed by atoms with Crippen molar-refractivity contribution in [1.82, 2.24) is 19.6 Å². The lowest BCUT2D eigenvalue weighted by molar-refractivity contribution is -0.136. The molecule has 26 heavy (non-hydrogen) atoms. The quantitative estimate of drug-likeness (QED) is 0.841. The molecule has 2 aromatic rings. The number of nitrogens with zero attached hydrogens (tertiary/aromatic N) is 3. The molecule has 2 aliphatic rings. The highest BCUT2D eigenvalue weighted by Gasteiger charge is 2.38. The molecule has 0 aromatic carbocycles. The van der Waals surface area contributed by atoms with Crippen molar-refractivity contribution >= 4 is 17.5 Å². The highest BCUT2D eigenvalue weighted by Crippen LogP contribution is 2.43. The number of alkyl halides is 3. The average Bonchev–Trinajstić information content (AvgIpc) is 3.37. The molecule has 4 rings (SSSR count). The highest BCUT2D eigenvalue weighted by atomic mass is 19.4. The number of aromatic nitrogens is 2. The Bertz CT molecular complexity index is 918. The maximum atomic E-state index is 13.4. The van der Waals surface area contributed by atoms with E-state index in [1.807, 2.05) is 0 Å². The number of piperazine rings is 1. The van der Waals surface area contributed by atoms with Gasteiger partial charge < -0.3 is 15.3 Å². The van der Waals surface area contributed by atoms with E-state index in [-0.39, 0.29) is 31.5 Å². The fraction of sp³-hybridized carbons (Fsp3) is 0.438. The summed E-state index contributed by atoms with van der Waals surface area (Å²) in [5, 5.41) is 12.9. The van der Waals surface area contributed by atoms with E-state index in [2.05, 4.69) is 10.3 Å². The van der Waals surface area contributed by atoms with E-state index in [4.69, 9.17) is 0 Å². The first-order valence-electron chi connectivity index (χ1n) is 8.14. The van der Waals surface area contributed by atoms with Gasteiger partial charge in [-0.25, -0.2) is 4.98 Å². The topological polar surface area (TPSA) is 86.9 Å². The van der Waals surface area contributed by atoms with Gasteiger partial charge in [-0.05, 0) is 30.4 Å². The van der Waals surface area contributed by atoms with E-state index >= 15 is 0 Å². The Kier molecular flexibility index (Phi) is 3.60. The molecule has 0 atom stereocenters. The van der Waals surface area contributed by atoms with E-state index in [9.17, 15) is 27.9 Å². The van der Waals surface area contributed by atoms with Gasteiger partial charge in [0.1, 0.15) is 0 Å². The predicted octanol–water partition coefficient (Wildman–Crippen LogP) is 1.51. The van der Waals surface area contributed by atoms with Gasteiger partial charge in [-0.1, -0.05) is 0 Å². The number of carbonyl (C=O) groups excluding carboxylic acids is 2. The summed E-state index contributed by atoms with van der Waals surface area (Å²) >= 11 is 0. The van der Waals surface area contributed by atoms with Gasteiger partial charge in [-0.15, -0.1) is 0 Å². The monoisotopic (exact) mass is 368 g/mol. The number of halogens is 3. The van der Waals surface area contributed by atoms with Crippen LogP contribution in [0.3, 0.4) is 0 Å². The second-order valence-electron chi connectivity index (χ2n) is 6.51. The maximum Gasteiger partial charge on any atom is 0.419 e. The van der Waals surface area contributed by atoms with Crippen LogP contribution in [0.1, 0.15) is 40.4 Å². The lowest BCUT2D eigenvalue weighted by Gasteiger charge is -2.25. The van der Waals surface area contributed by atoms with Crippen molar-refractivity contribution in [2.75, 3.05) is 19.6 Å². The minimum atomic E-state index is -4.67. The van der Waals surface area contributed by atoms with Crippen molar-refractivity contribution in [3.05, 3.63) is 29.1 Å². The minimum Gasteiger partial charge on any atom is -0.492 e. The second kappa shape index (κ2) is 5.61. The zero-order valence-electron chi connectivity index (χ0n) is 13.5. The van der Waals surface area contributed by atoms with Crippen molar-refractivity contribution in [3.63, 3.8) is 0 Å². The first kappa shape index (κ1) is 16.7. The van der Waals surface area contributed by atoms with Gasteiger partial charge in [0.2, 0.25) is 11.8 Å². The van der Waals surface area contributed by atoms with Crippen molar-refractivity contribution in [2.45, 2.75) is 24.9 Å². The lowest BCUT2D eigenvalue weighted by atomic mass is 10.1. The van der Waals surface area contributed by atoms with Crippen molar-refractivity contribution < 1.29 is 27.9 Å². The smallest absolute Gasteiger partial charge is 0.419 e. The van der Waals surface area contributed by atoms with Gasteiger partial charge in [0, 0.05) is 19.3 Å². The molecule has 2 N–H and O–H groups in total. The Hall–Kier alpha value is -2.78. The van der Waals surface area contributed by atoms with Crippen LogP contribution in [0.4, 0.5) is 13.2 Å². The fourth-order valence-electron chi connectivity index (χ4n) is 3.11.